The van der Waals surface area contributed by atoms with Crippen LogP contribution < -0.4 is 0 Å². The number of aliphatic hydroxyl groups excluding tert-OH is 1. The fourth-order valence-corrected chi connectivity index (χ4v) is 2.60. The van der Waals surface area contributed by atoms with E-state index in [1.165, 1.54) is 11.1 Å². The first-order chi connectivity index (χ1) is 11.6. The third-order valence-corrected chi connectivity index (χ3v) is 4.30. The summed E-state index contributed by atoms with van der Waals surface area (Å²) >= 11 is 0. The van der Waals surface area contributed by atoms with E-state index < -0.39 is 6.10 Å². The fraction of sp³-hybridized carbons (Fsp3) is 0.500. The van der Waals surface area contributed by atoms with E-state index in [1.54, 1.807) is 6.26 Å². The van der Waals surface area contributed by atoms with Crippen molar-refractivity contribution in [3.8, 4) is 0 Å². The predicted molar refractivity (Wildman–Crippen MR) is 95.7 cm³/mol. The Labute approximate surface area is 145 Å². The summed E-state index contributed by atoms with van der Waals surface area (Å²) in [5, 5.41) is 10.3. The van der Waals surface area contributed by atoms with Crippen LogP contribution in [0.15, 0.2) is 47.1 Å². The van der Waals surface area contributed by atoms with Crippen LogP contribution >= 0.6 is 0 Å². The monoisotopic (exact) mass is 331 g/mol. The molecule has 0 aliphatic rings. The van der Waals surface area contributed by atoms with Crippen molar-refractivity contribution in [3.05, 3.63) is 59.5 Å². The molecule has 0 spiro atoms. The summed E-state index contributed by atoms with van der Waals surface area (Å²) in [7, 11) is 0. The number of aliphatic hydroxyl groups is 1. The van der Waals surface area contributed by atoms with Gasteiger partial charge in [-0.3, -0.25) is 4.90 Å². The van der Waals surface area contributed by atoms with Gasteiger partial charge in [0.2, 0.25) is 0 Å². The van der Waals surface area contributed by atoms with Gasteiger partial charge in [-0.2, -0.15) is 0 Å². The number of rotatable bonds is 10. The van der Waals surface area contributed by atoms with Crippen LogP contribution in [0.1, 0.15) is 37.2 Å². The maximum Gasteiger partial charge on any atom is 0.129 e. The number of aryl methyl sites for hydroxylation is 1. The van der Waals surface area contributed by atoms with Gasteiger partial charge in [-0.1, -0.05) is 36.8 Å². The molecule has 2 rings (SSSR count). The van der Waals surface area contributed by atoms with E-state index in [0.717, 1.165) is 18.7 Å². The minimum Gasteiger partial charge on any atom is -0.467 e. The van der Waals surface area contributed by atoms with E-state index >= 15 is 0 Å². The van der Waals surface area contributed by atoms with E-state index in [9.17, 15) is 5.11 Å². The molecule has 0 aliphatic carbocycles. The van der Waals surface area contributed by atoms with Crippen LogP contribution in [0.2, 0.25) is 0 Å². The molecule has 4 heteroatoms. The van der Waals surface area contributed by atoms with E-state index in [0.29, 0.717) is 25.8 Å². The molecule has 0 saturated carbocycles. The Kier molecular flexibility index (Phi) is 7.50. The van der Waals surface area contributed by atoms with Gasteiger partial charge in [-0.05, 0) is 38.0 Å². The van der Waals surface area contributed by atoms with Crippen molar-refractivity contribution >= 4 is 0 Å². The standard InChI is InChI=1S/C20H29NO3/c1-4-17(3)21(12-18-9-7-16(2)8-10-18)13-19(22)14-23-15-20-6-5-11-24-20/h5-11,17,19,22H,4,12-15H2,1-3H3/t17-,19-/m1/s1. The third kappa shape index (κ3) is 6.11. The molecule has 0 radical (unpaired) electrons. The van der Waals surface area contributed by atoms with Crippen molar-refractivity contribution in [3.63, 3.8) is 0 Å². The molecular formula is C20H29NO3. The molecule has 4 nitrogen and oxygen atoms in total. The zero-order valence-electron chi connectivity index (χ0n) is 14.9. The number of nitrogens with zero attached hydrogens (tertiary/aromatic N) is 1. The van der Waals surface area contributed by atoms with Crippen molar-refractivity contribution in [1.82, 2.24) is 4.90 Å². The summed E-state index contributed by atoms with van der Waals surface area (Å²) in [6.07, 6.45) is 2.16. The zero-order chi connectivity index (χ0) is 17.4. The molecule has 0 bridgehead atoms. The number of ether oxygens (including phenoxy) is 1. The van der Waals surface area contributed by atoms with Crippen LogP contribution in [0.5, 0.6) is 0 Å². The van der Waals surface area contributed by atoms with Gasteiger partial charge in [0, 0.05) is 19.1 Å². The number of hydrogen-bond acceptors (Lipinski definition) is 4. The summed E-state index contributed by atoms with van der Waals surface area (Å²) in [5.74, 6) is 0.778. The van der Waals surface area contributed by atoms with Crippen LogP contribution in [0.25, 0.3) is 0 Å². The molecule has 132 valence electrons. The Balaban J connectivity index is 1.84. The largest absolute Gasteiger partial charge is 0.467 e. The lowest BCUT2D eigenvalue weighted by molar-refractivity contribution is -0.00271. The Morgan fingerprint density at radius 2 is 1.96 bits per heavy atom. The van der Waals surface area contributed by atoms with Crippen molar-refractivity contribution < 1.29 is 14.3 Å². The highest BCUT2D eigenvalue weighted by atomic mass is 16.5. The van der Waals surface area contributed by atoms with E-state index in [1.807, 2.05) is 12.1 Å². The zero-order valence-corrected chi connectivity index (χ0v) is 14.9. The average molecular weight is 331 g/mol. The smallest absolute Gasteiger partial charge is 0.129 e. The highest BCUT2D eigenvalue weighted by Gasteiger charge is 2.17. The average Bonchev–Trinajstić information content (AvgIpc) is 3.09. The molecular weight excluding hydrogens is 302 g/mol. The molecule has 2 aromatic rings. The second kappa shape index (κ2) is 9.62. The maximum absolute atomic E-state index is 10.3. The van der Waals surface area contributed by atoms with Crippen LogP contribution in [-0.4, -0.2) is 35.3 Å². The number of hydrogen-bond donors (Lipinski definition) is 1. The van der Waals surface area contributed by atoms with Gasteiger partial charge < -0.3 is 14.3 Å². The molecule has 0 saturated heterocycles. The molecule has 0 fully saturated rings. The lowest BCUT2D eigenvalue weighted by Crippen LogP contribution is -2.39. The van der Waals surface area contributed by atoms with Crippen LogP contribution in [-0.2, 0) is 17.9 Å². The maximum atomic E-state index is 10.3. The highest BCUT2D eigenvalue weighted by Crippen LogP contribution is 2.13. The molecule has 1 aromatic carbocycles. The van der Waals surface area contributed by atoms with Gasteiger partial charge in [-0.15, -0.1) is 0 Å². The van der Waals surface area contributed by atoms with E-state index in [2.05, 4.69) is 49.9 Å². The summed E-state index contributed by atoms with van der Waals surface area (Å²) in [6, 6.07) is 12.7. The van der Waals surface area contributed by atoms with Crippen molar-refractivity contribution in [2.45, 2.75) is 52.5 Å². The Morgan fingerprint density at radius 1 is 1.21 bits per heavy atom. The quantitative estimate of drug-likeness (QED) is 0.720. The molecule has 1 N–H and O–H groups in total. The van der Waals surface area contributed by atoms with Gasteiger partial charge in [0.05, 0.1) is 19.0 Å². The molecule has 0 amide bonds. The lowest BCUT2D eigenvalue weighted by atomic mass is 10.1. The highest BCUT2D eigenvalue weighted by molar-refractivity contribution is 5.21. The fourth-order valence-electron chi connectivity index (χ4n) is 2.60. The normalized spacial score (nSPS) is 14.0. The molecule has 2 atom stereocenters. The van der Waals surface area contributed by atoms with Gasteiger partial charge in [0.15, 0.2) is 0 Å². The summed E-state index contributed by atoms with van der Waals surface area (Å²) < 4.78 is 10.8. The van der Waals surface area contributed by atoms with E-state index in [4.69, 9.17) is 9.15 Å². The molecule has 1 aromatic heterocycles. The summed E-state index contributed by atoms with van der Waals surface area (Å²) in [4.78, 5) is 2.31. The SMILES string of the molecule is CC[C@@H](C)N(Cc1ccc(C)cc1)C[C@@H](O)COCc1ccco1. The first kappa shape index (κ1) is 18.7. The topological polar surface area (TPSA) is 45.8 Å². The second-order valence-electron chi connectivity index (χ2n) is 6.42. The van der Waals surface area contributed by atoms with Crippen LogP contribution in [0.3, 0.4) is 0 Å². The van der Waals surface area contributed by atoms with Gasteiger partial charge in [-0.25, -0.2) is 0 Å². The number of benzene rings is 1. The minimum atomic E-state index is -0.514. The van der Waals surface area contributed by atoms with E-state index in [-0.39, 0.29) is 0 Å². The first-order valence-corrected chi connectivity index (χ1v) is 8.66. The van der Waals surface area contributed by atoms with Crippen LogP contribution in [0, 0.1) is 6.92 Å². The lowest BCUT2D eigenvalue weighted by Gasteiger charge is -2.30. The minimum absolute atomic E-state index is 0.307. The van der Waals surface area contributed by atoms with Crippen molar-refractivity contribution in [2.75, 3.05) is 13.2 Å². The Morgan fingerprint density at radius 3 is 2.58 bits per heavy atom. The first-order valence-electron chi connectivity index (χ1n) is 8.66. The molecule has 24 heavy (non-hydrogen) atoms. The summed E-state index contributed by atoms with van der Waals surface area (Å²) in [5.41, 5.74) is 2.53. The second-order valence-corrected chi connectivity index (χ2v) is 6.42. The van der Waals surface area contributed by atoms with Crippen LogP contribution in [0.4, 0.5) is 0 Å². The molecule has 0 unspecified atom stereocenters. The Bertz CT molecular complexity index is 565. The van der Waals surface area contributed by atoms with Crippen molar-refractivity contribution in [1.29, 1.82) is 0 Å². The molecule has 1 heterocycles. The number of furan rings is 1. The van der Waals surface area contributed by atoms with Crippen molar-refractivity contribution in [2.24, 2.45) is 0 Å². The summed E-state index contributed by atoms with van der Waals surface area (Å²) in [6.45, 7) is 8.60. The third-order valence-electron chi connectivity index (χ3n) is 4.30. The van der Waals surface area contributed by atoms with Gasteiger partial charge >= 0.3 is 0 Å². The molecule has 0 aliphatic heterocycles. The van der Waals surface area contributed by atoms with Gasteiger partial charge in [0.1, 0.15) is 12.4 Å². The Hall–Kier alpha value is -1.62. The van der Waals surface area contributed by atoms with Gasteiger partial charge in [0.25, 0.3) is 0 Å². The predicted octanol–water partition coefficient (Wildman–Crippen LogP) is 3.77.